The van der Waals surface area contributed by atoms with Gasteiger partial charge in [0.15, 0.2) is 5.82 Å². The van der Waals surface area contributed by atoms with Crippen LogP contribution in [0.15, 0.2) is 35.4 Å². The summed E-state index contributed by atoms with van der Waals surface area (Å²) < 4.78 is 28.1. The van der Waals surface area contributed by atoms with Crippen molar-refractivity contribution < 1.29 is 13.2 Å². The Morgan fingerprint density at radius 1 is 1.24 bits per heavy atom. The van der Waals surface area contributed by atoms with E-state index in [1.54, 1.807) is 19.2 Å². The number of nitrogens with one attached hydrogen (secondary N) is 2. The second kappa shape index (κ2) is 5.44. The van der Waals surface area contributed by atoms with E-state index in [1.807, 2.05) is 0 Å². The zero-order chi connectivity index (χ0) is 15.6. The third-order valence-electron chi connectivity index (χ3n) is 2.57. The molecule has 1 heterocycles. The van der Waals surface area contributed by atoms with E-state index in [9.17, 15) is 13.2 Å². The Hall–Kier alpha value is -2.55. The fourth-order valence-corrected chi connectivity index (χ4v) is 2.89. The molecule has 1 aromatic heterocycles. The normalized spacial score (nSPS) is 11.1. The molecule has 112 valence electrons. The minimum Gasteiger partial charge on any atom is -0.381 e. The van der Waals surface area contributed by atoms with E-state index in [0.717, 1.165) is 0 Å². The summed E-state index contributed by atoms with van der Waals surface area (Å²) >= 11 is 0. The van der Waals surface area contributed by atoms with Crippen molar-refractivity contribution in [3.63, 3.8) is 0 Å². The summed E-state index contributed by atoms with van der Waals surface area (Å²) in [5.41, 5.74) is 6.49. The van der Waals surface area contributed by atoms with E-state index in [2.05, 4.69) is 15.1 Å². The maximum absolute atomic E-state index is 12.2. The van der Waals surface area contributed by atoms with Crippen LogP contribution in [0, 0.1) is 0 Å². The lowest BCUT2D eigenvalue weighted by Gasteiger charge is -2.08. The Bertz CT molecular complexity index is 765. The third-order valence-corrected chi connectivity index (χ3v) is 3.97. The lowest BCUT2D eigenvalue weighted by Crippen LogP contribution is -2.14. The number of aryl methyl sites for hydroxylation is 1. The highest BCUT2D eigenvalue weighted by molar-refractivity contribution is 7.92. The van der Waals surface area contributed by atoms with E-state index in [1.165, 1.54) is 29.9 Å². The highest BCUT2D eigenvalue weighted by Gasteiger charge is 2.20. The number of nitrogens with zero attached hydrogens (tertiary/aromatic N) is 2. The van der Waals surface area contributed by atoms with E-state index < -0.39 is 10.0 Å². The lowest BCUT2D eigenvalue weighted by atomic mass is 10.3. The van der Waals surface area contributed by atoms with Crippen molar-refractivity contribution in [2.75, 3.05) is 15.8 Å². The highest BCUT2D eigenvalue weighted by atomic mass is 32.2. The molecule has 0 fully saturated rings. The molecule has 1 aromatic carbocycles. The van der Waals surface area contributed by atoms with Gasteiger partial charge in [-0.2, -0.15) is 5.10 Å². The van der Waals surface area contributed by atoms with E-state index in [-0.39, 0.29) is 16.6 Å². The van der Waals surface area contributed by atoms with Crippen LogP contribution in [0.4, 0.5) is 17.2 Å². The summed E-state index contributed by atoms with van der Waals surface area (Å²) in [6.45, 7) is 1.39. The van der Waals surface area contributed by atoms with Gasteiger partial charge < -0.3 is 11.1 Å². The number of nitrogens with two attached hydrogens (primary N) is 1. The van der Waals surface area contributed by atoms with Crippen molar-refractivity contribution in [1.82, 2.24) is 9.78 Å². The Kier molecular flexibility index (Phi) is 3.85. The summed E-state index contributed by atoms with van der Waals surface area (Å²) in [6, 6.07) is 6.25. The van der Waals surface area contributed by atoms with Crippen LogP contribution < -0.4 is 15.8 Å². The fourth-order valence-electron chi connectivity index (χ4n) is 1.73. The first-order valence-corrected chi connectivity index (χ1v) is 7.46. The van der Waals surface area contributed by atoms with Gasteiger partial charge in [-0.15, -0.1) is 0 Å². The van der Waals surface area contributed by atoms with E-state index in [4.69, 9.17) is 5.73 Å². The molecule has 0 aliphatic carbocycles. The molecule has 0 radical (unpaired) electrons. The van der Waals surface area contributed by atoms with Crippen LogP contribution in [0.1, 0.15) is 6.92 Å². The van der Waals surface area contributed by atoms with Crippen LogP contribution >= 0.6 is 0 Å². The summed E-state index contributed by atoms with van der Waals surface area (Å²) in [6.07, 6.45) is 1.32. The molecule has 0 atom stereocenters. The molecular weight excluding hydrogens is 294 g/mol. The molecule has 21 heavy (non-hydrogen) atoms. The fraction of sp³-hybridized carbons (Fsp3) is 0.167. The monoisotopic (exact) mass is 309 g/mol. The Balaban J connectivity index is 2.21. The second-order valence-corrected chi connectivity index (χ2v) is 6.07. The van der Waals surface area contributed by atoms with Crippen molar-refractivity contribution in [2.24, 2.45) is 7.05 Å². The van der Waals surface area contributed by atoms with Gasteiger partial charge in [0.05, 0.1) is 0 Å². The number of anilines is 3. The molecular formula is C12H15N5O3S. The Labute approximate surface area is 122 Å². The standard InChI is InChI=1S/C12H15N5O3S/c1-8(18)14-9-3-5-10(6-4-9)16-21(19,20)11-7-17(2)15-12(11)13/h3-7,16H,1-2H3,(H2,13,15)(H,14,18). The second-order valence-electron chi connectivity index (χ2n) is 4.42. The molecule has 8 nitrogen and oxygen atoms in total. The maximum Gasteiger partial charge on any atom is 0.267 e. The number of sulfonamides is 1. The first kappa shape index (κ1) is 14.9. The zero-order valence-electron chi connectivity index (χ0n) is 11.5. The lowest BCUT2D eigenvalue weighted by molar-refractivity contribution is -0.114. The number of hydrogen-bond donors (Lipinski definition) is 3. The van der Waals surface area contributed by atoms with Gasteiger partial charge in [-0.1, -0.05) is 0 Å². The first-order chi connectivity index (χ1) is 9.78. The molecule has 0 aliphatic rings. The van der Waals surface area contributed by atoms with Crippen LogP contribution in [0.3, 0.4) is 0 Å². The average Bonchev–Trinajstić information content (AvgIpc) is 2.71. The van der Waals surface area contributed by atoms with Gasteiger partial charge in [0.1, 0.15) is 4.90 Å². The maximum atomic E-state index is 12.2. The number of carbonyl (C=O) groups excluding carboxylic acids is 1. The number of rotatable bonds is 4. The number of nitrogen functional groups attached to an aromatic ring is 1. The van der Waals surface area contributed by atoms with Gasteiger partial charge in [-0.05, 0) is 24.3 Å². The molecule has 0 saturated carbocycles. The smallest absolute Gasteiger partial charge is 0.267 e. The summed E-state index contributed by atoms with van der Waals surface area (Å²) in [4.78, 5) is 10.8. The zero-order valence-corrected chi connectivity index (χ0v) is 12.3. The molecule has 1 amide bonds. The topological polar surface area (TPSA) is 119 Å². The number of amides is 1. The molecule has 0 unspecified atom stereocenters. The van der Waals surface area contributed by atoms with Crippen LogP contribution in [-0.2, 0) is 21.9 Å². The number of hydrogen-bond acceptors (Lipinski definition) is 5. The van der Waals surface area contributed by atoms with Crippen molar-refractivity contribution in [2.45, 2.75) is 11.8 Å². The highest BCUT2D eigenvalue weighted by Crippen LogP contribution is 2.21. The van der Waals surface area contributed by atoms with E-state index >= 15 is 0 Å². The molecule has 2 aromatic rings. The summed E-state index contributed by atoms with van der Waals surface area (Å²) in [5, 5.41) is 6.38. The molecule has 0 spiro atoms. The van der Waals surface area contributed by atoms with Crippen LogP contribution in [0.2, 0.25) is 0 Å². The molecule has 2 rings (SSSR count). The van der Waals surface area contributed by atoms with Gasteiger partial charge in [0.25, 0.3) is 10.0 Å². The largest absolute Gasteiger partial charge is 0.381 e. The quantitative estimate of drug-likeness (QED) is 0.770. The van der Waals surface area contributed by atoms with Crippen molar-refractivity contribution >= 4 is 33.1 Å². The van der Waals surface area contributed by atoms with Gasteiger partial charge >= 0.3 is 0 Å². The van der Waals surface area contributed by atoms with Crippen LogP contribution in [-0.4, -0.2) is 24.1 Å². The summed E-state index contributed by atoms with van der Waals surface area (Å²) in [7, 11) is -2.22. The number of benzene rings is 1. The minimum atomic E-state index is -3.80. The predicted molar refractivity (Wildman–Crippen MR) is 79.2 cm³/mol. The average molecular weight is 309 g/mol. The van der Waals surface area contributed by atoms with Crippen molar-refractivity contribution in [1.29, 1.82) is 0 Å². The SMILES string of the molecule is CC(=O)Nc1ccc(NS(=O)(=O)c2cn(C)nc2N)cc1. The van der Waals surface area contributed by atoms with Crippen LogP contribution in [0.5, 0.6) is 0 Å². The van der Waals surface area contributed by atoms with Gasteiger partial charge in [-0.25, -0.2) is 8.42 Å². The number of carbonyl (C=O) groups is 1. The molecule has 0 bridgehead atoms. The van der Waals surface area contributed by atoms with Gasteiger partial charge in [0, 0.05) is 31.5 Å². The van der Waals surface area contributed by atoms with Crippen molar-refractivity contribution in [3.05, 3.63) is 30.5 Å². The number of aromatic nitrogens is 2. The van der Waals surface area contributed by atoms with E-state index in [0.29, 0.717) is 11.4 Å². The van der Waals surface area contributed by atoms with Gasteiger partial charge in [-0.3, -0.25) is 14.2 Å². The molecule has 4 N–H and O–H groups in total. The van der Waals surface area contributed by atoms with Crippen molar-refractivity contribution in [3.8, 4) is 0 Å². The molecule has 0 aliphatic heterocycles. The first-order valence-electron chi connectivity index (χ1n) is 5.97. The van der Waals surface area contributed by atoms with Crippen LogP contribution in [0.25, 0.3) is 0 Å². The summed E-state index contributed by atoms with van der Waals surface area (Å²) in [5.74, 6) is -0.272. The molecule has 9 heteroatoms. The Morgan fingerprint density at radius 3 is 2.29 bits per heavy atom. The Morgan fingerprint density at radius 2 is 1.81 bits per heavy atom. The predicted octanol–water partition coefficient (Wildman–Crippen LogP) is 0.761. The van der Waals surface area contributed by atoms with Gasteiger partial charge in [0.2, 0.25) is 5.91 Å². The molecule has 0 saturated heterocycles. The minimum absolute atomic E-state index is 0.0696. The third kappa shape index (κ3) is 3.51.